The Kier molecular flexibility index (Phi) is 6.11. The summed E-state index contributed by atoms with van der Waals surface area (Å²) in [5.74, 6) is -1.08. The number of benzene rings is 2. The molecule has 1 aromatic heterocycles. The van der Waals surface area contributed by atoms with Crippen LogP contribution in [0.1, 0.15) is 6.92 Å². The standard InChI is InChI=1S/C13H7N2O2.C2H4O2.Pd/c16-15(17)12-5-1-4-11-10(12)7-6-9-3-2-8-14-13(9)11;1-2(3)4;/h1-7H;1H3,(H,3,4);/q-1;;+2/p-1. The van der Waals surface area contributed by atoms with E-state index in [4.69, 9.17) is 9.90 Å². The first-order valence-electron chi connectivity index (χ1n) is 6.01. The number of aliphatic carboxylic acids is 1. The number of hydrogen-bond acceptors (Lipinski definition) is 5. The molecule has 0 amide bonds. The van der Waals surface area contributed by atoms with Gasteiger partial charge in [0.15, 0.2) is 0 Å². The van der Waals surface area contributed by atoms with Gasteiger partial charge in [-0.15, -0.1) is 5.39 Å². The predicted molar refractivity (Wildman–Crippen MR) is 75.4 cm³/mol. The summed E-state index contributed by atoms with van der Waals surface area (Å²) in [6, 6.07) is 12.2. The van der Waals surface area contributed by atoms with Crippen molar-refractivity contribution in [2.45, 2.75) is 6.92 Å². The summed E-state index contributed by atoms with van der Waals surface area (Å²) in [6.07, 6.45) is 2.76. The van der Waals surface area contributed by atoms with Crippen molar-refractivity contribution in [2.24, 2.45) is 0 Å². The molecule has 0 N–H and O–H groups in total. The number of nitro groups is 1. The maximum Gasteiger partial charge on any atom is 2.00 e. The monoisotopic (exact) mass is 388 g/mol. The summed E-state index contributed by atoms with van der Waals surface area (Å²) in [6.45, 7) is 0.972. The van der Waals surface area contributed by atoms with Crippen LogP contribution in [0.3, 0.4) is 0 Å². The molecule has 0 atom stereocenters. The van der Waals surface area contributed by atoms with E-state index in [0.717, 1.165) is 23.2 Å². The molecule has 2 aromatic carbocycles. The molecule has 7 heteroatoms. The number of nitrogens with zero attached hydrogens (tertiary/aromatic N) is 2. The van der Waals surface area contributed by atoms with Crippen molar-refractivity contribution >= 4 is 33.3 Å². The van der Waals surface area contributed by atoms with E-state index in [0.29, 0.717) is 5.39 Å². The van der Waals surface area contributed by atoms with Crippen LogP contribution in [-0.2, 0) is 25.2 Å². The zero-order valence-corrected chi connectivity index (χ0v) is 12.9. The fourth-order valence-corrected chi connectivity index (χ4v) is 1.99. The van der Waals surface area contributed by atoms with Crippen LogP contribution >= 0.6 is 0 Å². The van der Waals surface area contributed by atoms with Crippen LogP contribution in [-0.4, -0.2) is 15.9 Å². The fourth-order valence-electron chi connectivity index (χ4n) is 1.99. The largest absolute Gasteiger partial charge is 2.00 e. The van der Waals surface area contributed by atoms with Gasteiger partial charge in [0.25, 0.3) is 5.69 Å². The van der Waals surface area contributed by atoms with Crippen LogP contribution in [0.5, 0.6) is 0 Å². The molecule has 0 aliphatic heterocycles. The summed E-state index contributed by atoms with van der Waals surface area (Å²) in [7, 11) is 0. The van der Waals surface area contributed by atoms with E-state index in [1.807, 2.05) is 18.2 Å². The number of carboxylic acid groups (broad SMARTS) is 1. The van der Waals surface area contributed by atoms with Crippen LogP contribution in [0.4, 0.5) is 5.69 Å². The smallest absolute Gasteiger partial charge is 0.550 e. The third-order valence-corrected chi connectivity index (χ3v) is 2.75. The maximum atomic E-state index is 10.9. The van der Waals surface area contributed by atoms with E-state index < -0.39 is 5.97 Å². The first-order chi connectivity index (χ1) is 10.0. The van der Waals surface area contributed by atoms with Gasteiger partial charge in [-0.3, -0.25) is 10.1 Å². The van der Waals surface area contributed by atoms with Crippen molar-refractivity contribution < 1.29 is 35.2 Å². The average Bonchev–Trinajstić information content (AvgIpc) is 2.45. The maximum absolute atomic E-state index is 10.9. The van der Waals surface area contributed by atoms with Crippen LogP contribution in [0.2, 0.25) is 0 Å². The van der Waals surface area contributed by atoms with Crippen LogP contribution < -0.4 is 5.11 Å². The molecule has 0 saturated carbocycles. The Morgan fingerprint density at radius 2 is 1.86 bits per heavy atom. The number of fused-ring (bicyclic) bond motifs is 3. The Balaban J connectivity index is 0.000000436. The molecule has 0 spiro atoms. The molecule has 0 unspecified atom stereocenters. The summed E-state index contributed by atoms with van der Waals surface area (Å²) >= 11 is 0. The summed E-state index contributed by atoms with van der Waals surface area (Å²) in [4.78, 5) is 23.6. The fraction of sp³-hybridized carbons (Fsp3) is 0.0667. The molecule has 0 aliphatic carbocycles. The number of hydrogen-bond donors (Lipinski definition) is 0. The minimum Gasteiger partial charge on any atom is -0.550 e. The molecule has 1 heterocycles. The minimum atomic E-state index is -1.08. The molecule has 22 heavy (non-hydrogen) atoms. The van der Waals surface area contributed by atoms with Crippen molar-refractivity contribution in [3.05, 3.63) is 58.8 Å². The van der Waals surface area contributed by atoms with E-state index in [-0.39, 0.29) is 31.0 Å². The van der Waals surface area contributed by atoms with Crippen molar-refractivity contribution in [3.8, 4) is 0 Å². The van der Waals surface area contributed by atoms with Gasteiger partial charge in [0, 0.05) is 17.4 Å². The summed E-state index contributed by atoms with van der Waals surface area (Å²) in [5, 5.41) is 22.2. The molecule has 6 nitrogen and oxygen atoms in total. The molecular weight excluding hydrogens is 379 g/mol. The second-order valence-corrected chi connectivity index (χ2v) is 4.20. The minimum absolute atomic E-state index is 0. The molecule has 0 saturated heterocycles. The Labute approximate surface area is 139 Å². The Hall–Kier alpha value is -2.36. The zero-order chi connectivity index (χ0) is 15.4. The normalized spacial score (nSPS) is 9.50. The average molecular weight is 389 g/mol. The number of carboxylic acids is 1. The summed E-state index contributed by atoms with van der Waals surface area (Å²) < 4.78 is 0. The topological polar surface area (TPSA) is 96.2 Å². The number of non-ortho nitro benzene ring substituents is 1. The Morgan fingerprint density at radius 3 is 2.50 bits per heavy atom. The number of carbonyl (C=O) groups excluding carboxylic acids is 1. The van der Waals surface area contributed by atoms with Crippen LogP contribution in [0.25, 0.3) is 21.7 Å². The Morgan fingerprint density at radius 1 is 1.18 bits per heavy atom. The van der Waals surface area contributed by atoms with Crippen molar-refractivity contribution in [1.29, 1.82) is 0 Å². The van der Waals surface area contributed by atoms with Gasteiger partial charge in [-0.25, -0.2) is 0 Å². The van der Waals surface area contributed by atoms with Gasteiger partial charge in [-0.2, -0.15) is 12.1 Å². The van der Waals surface area contributed by atoms with E-state index in [1.54, 1.807) is 18.2 Å². The molecule has 0 fully saturated rings. The quantitative estimate of drug-likeness (QED) is 0.208. The van der Waals surface area contributed by atoms with Gasteiger partial charge >= 0.3 is 20.4 Å². The first-order valence-corrected chi connectivity index (χ1v) is 6.01. The molecular formula is C15H10N2O4Pd. The number of rotatable bonds is 1. The van der Waals surface area contributed by atoms with Gasteiger partial charge in [-0.1, -0.05) is 24.4 Å². The molecule has 114 valence electrons. The van der Waals surface area contributed by atoms with E-state index >= 15 is 0 Å². The van der Waals surface area contributed by atoms with Gasteiger partial charge in [0.05, 0.1) is 4.92 Å². The third kappa shape index (κ3) is 3.85. The number of nitro benzene ring substituents is 1. The predicted octanol–water partition coefficient (Wildman–Crippen LogP) is 1.85. The van der Waals surface area contributed by atoms with Crippen LogP contribution in [0, 0.1) is 16.3 Å². The van der Waals surface area contributed by atoms with Crippen molar-refractivity contribution in [2.75, 3.05) is 0 Å². The SMILES string of the molecule is CC(=O)[O-].O=[N+]([O-])c1cccc2c1ccc1cc[c-]nc12.[Pd+2]. The first kappa shape index (κ1) is 17.7. The van der Waals surface area contributed by atoms with E-state index in [9.17, 15) is 10.1 Å². The molecule has 3 aromatic rings. The number of pyridine rings is 1. The second-order valence-electron chi connectivity index (χ2n) is 4.20. The van der Waals surface area contributed by atoms with Crippen molar-refractivity contribution in [3.63, 3.8) is 0 Å². The molecule has 0 radical (unpaired) electrons. The molecule has 0 bridgehead atoms. The van der Waals surface area contributed by atoms with Crippen LogP contribution in [0.15, 0.2) is 42.5 Å². The van der Waals surface area contributed by atoms with E-state index in [1.165, 1.54) is 6.07 Å². The second kappa shape index (κ2) is 7.59. The van der Waals surface area contributed by atoms with E-state index in [2.05, 4.69) is 11.2 Å². The van der Waals surface area contributed by atoms with Gasteiger partial charge in [-0.05, 0) is 23.9 Å². The third-order valence-electron chi connectivity index (χ3n) is 2.75. The Bertz CT molecular complexity index is 832. The van der Waals surface area contributed by atoms with Crippen molar-refractivity contribution in [1.82, 2.24) is 4.98 Å². The molecule has 3 rings (SSSR count). The number of carbonyl (C=O) groups is 1. The summed E-state index contributed by atoms with van der Waals surface area (Å²) in [5.41, 5.74) is 0.851. The zero-order valence-electron chi connectivity index (χ0n) is 11.4. The number of aromatic nitrogens is 1. The van der Waals surface area contributed by atoms with Gasteiger partial charge in [0.1, 0.15) is 0 Å². The molecule has 0 aliphatic rings. The van der Waals surface area contributed by atoms with Gasteiger partial charge in [0.2, 0.25) is 0 Å². The van der Waals surface area contributed by atoms with Gasteiger partial charge < -0.3 is 14.9 Å².